The minimum atomic E-state index is -0.538. The Kier molecular flexibility index (Phi) is 6.95. The number of rotatable bonds is 5. The molecule has 1 atom stereocenters. The number of carbonyl (C=O) groups excluding carboxylic acids is 2. The van der Waals surface area contributed by atoms with Crippen molar-refractivity contribution in [1.82, 2.24) is 4.90 Å². The third-order valence-electron chi connectivity index (χ3n) is 4.14. The van der Waals surface area contributed by atoms with Gasteiger partial charge in [0.2, 0.25) is 11.8 Å². The third-order valence-corrected chi connectivity index (χ3v) is 6.04. The number of amides is 2. The van der Waals surface area contributed by atoms with E-state index in [0.717, 1.165) is 9.26 Å². The molecule has 0 radical (unpaired) electrons. The third kappa shape index (κ3) is 5.05. The Labute approximate surface area is 181 Å². The van der Waals surface area contributed by atoms with Crippen LogP contribution in [0.2, 0.25) is 0 Å². The molecule has 6 nitrogen and oxygen atoms in total. The zero-order valence-corrected chi connectivity index (χ0v) is 18.5. The second kappa shape index (κ2) is 9.42. The van der Waals surface area contributed by atoms with Gasteiger partial charge in [-0.3, -0.25) is 14.5 Å². The predicted molar refractivity (Wildman–Crippen MR) is 121 cm³/mol. The number of aliphatic imine (C=N–C) groups is 1. The molecular weight excluding hydrogens is 489 g/mol. The van der Waals surface area contributed by atoms with Gasteiger partial charge in [-0.15, -0.1) is 0 Å². The molecule has 1 N–H and O–H groups in total. The highest BCUT2D eigenvalue weighted by Gasteiger charge is 2.35. The largest absolute Gasteiger partial charge is 0.497 e. The number of nitrogens with one attached hydrogen (secondary N) is 1. The summed E-state index contributed by atoms with van der Waals surface area (Å²) in [5, 5.41) is 2.87. The van der Waals surface area contributed by atoms with Crippen molar-refractivity contribution in [2.45, 2.75) is 18.6 Å². The molecule has 0 aliphatic carbocycles. The minimum Gasteiger partial charge on any atom is -0.497 e. The molecule has 0 aromatic heterocycles. The van der Waals surface area contributed by atoms with Gasteiger partial charge in [-0.1, -0.05) is 17.8 Å². The predicted octanol–water partition coefficient (Wildman–Crippen LogP) is 4.28. The van der Waals surface area contributed by atoms with Crippen molar-refractivity contribution in [2.75, 3.05) is 19.0 Å². The number of anilines is 1. The SMILES string of the molecule is CCN1C(=O)CC(C(=O)Nc2cccc(OC)c2)SC1=Nc1ccc(I)cc1. The molecule has 2 amide bonds. The fourth-order valence-electron chi connectivity index (χ4n) is 2.70. The standard InChI is InChI=1S/C20H20IN3O3S/c1-3-24-18(25)12-17(19(26)22-15-5-4-6-16(11-15)27-2)28-20(24)23-14-9-7-13(21)8-10-14/h4-11,17H,3,12H2,1-2H3,(H,22,26). The molecular formula is C20H20IN3O3S. The molecule has 8 heteroatoms. The van der Waals surface area contributed by atoms with Crippen LogP contribution in [0.15, 0.2) is 53.5 Å². The van der Waals surface area contributed by atoms with Crippen molar-refractivity contribution in [3.63, 3.8) is 0 Å². The number of amidine groups is 1. The molecule has 1 heterocycles. The fourth-order valence-corrected chi connectivity index (χ4v) is 4.22. The van der Waals surface area contributed by atoms with E-state index in [2.05, 4.69) is 32.9 Å². The topological polar surface area (TPSA) is 71.0 Å². The van der Waals surface area contributed by atoms with E-state index >= 15 is 0 Å². The van der Waals surface area contributed by atoms with Gasteiger partial charge in [0.15, 0.2) is 5.17 Å². The Bertz CT molecular complexity index is 902. The van der Waals surface area contributed by atoms with Crippen LogP contribution in [0.5, 0.6) is 5.75 Å². The molecule has 146 valence electrons. The van der Waals surface area contributed by atoms with E-state index in [0.29, 0.717) is 23.1 Å². The second-order valence-electron chi connectivity index (χ2n) is 6.04. The molecule has 1 saturated heterocycles. The van der Waals surface area contributed by atoms with E-state index in [1.54, 1.807) is 36.3 Å². The first-order valence-electron chi connectivity index (χ1n) is 8.76. The summed E-state index contributed by atoms with van der Waals surface area (Å²) in [4.78, 5) is 31.6. The van der Waals surface area contributed by atoms with Gasteiger partial charge in [-0.25, -0.2) is 4.99 Å². The molecule has 2 aromatic rings. The van der Waals surface area contributed by atoms with E-state index in [9.17, 15) is 9.59 Å². The number of halogens is 1. The zero-order chi connectivity index (χ0) is 20.1. The molecule has 0 spiro atoms. The summed E-state index contributed by atoms with van der Waals surface area (Å²) in [7, 11) is 1.57. The van der Waals surface area contributed by atoms with Crippen LogP contribution in [0.25, 0.3) is 0 Å². The first-order chi connectivity index (χ1) is 13.5. The molecule has 1 fully saturated rings. The van der Waals surface area contributed by atoms with Crippen LogP contribution in [0, 0.1) is 3.57 Å². The van der Waals surface area contributed by atoms with E-state index in [1.165, 1.54) is 11.8 Å². The average Bonchev–Trinajstić information content (AvgIpc) is 2.69. The lowest BCUT2D eigenvalue weighted by atomic mass is 10.2. The van der Waals surface area contributed by atoms with E-state index < -0.39 is 5.25 Å². The number of thioether (sulfide) groups is 1. The molecule has 3 rings (SSSR count). The van der Waals surface area contributed by atoms with Gasteiger partial charge in [-0.2, -0.15) is 0 Å². The fraction of sp³-hybridized carbons (Fsp3) is 0.250. The molecule has 28 heavy (non-hydrogen) atoms. The summed E-state index contributed by atoms with van der Waals surface area (Å²) in [6.07, 6.45) is 0.139. The number of hydrogen-bond donors (Lipinski definition) is 1. The Hall–Kier alpha value is -2.07. The van der Waals surface area contributed by atoms with E-state index in [1.807, 2.05) is 31.2 Å². The van der Waals surface area contributed by atoms with Crippen LogP contribution in [0.3, 0.4) is 0 Å². The van der Waals surface area contributed by atoms with Crippen LogP contribution in [-0.2, 0) is 9.59 Å². The molecule has 0 saturated carbocycles. The quantitative estimate of drug-likeness (QED) is 0.611. The van der Waals surface area contributed by atoms with Crippen molar-refractivity contribution in [3.8, 4) is 5.75 Å². The Morgan fingerprint density at radius 3 is 2.75 bits per heavy atom. The summed E-state index contributed by atoms with van der Waals surface area (Å²) >= 11 is 3.54. The summed E-state index contributed by atoms with van der Waals surface area (Å²) in [5.74, 6) is 0.331. The smallest absolute Gasteiger partial charge is 0.238 e. The van der Waals surface area contributed by atoms with Crippen LogP contribution in [0.1, 0.15) is 13.3 Å². The number of carbonyl (C=O) groups is 2. The number of benzene rings is 2. The summed E-state index contributed by atoms with van der Waals surface area (Å²) < 4.78 is 6.29. The lowest BCUT2D eigenvalue weighted by molar-refractivity contribution is -0.129. The Balaban J connectivity index is 1.79. The molecule has 2 aromatic carbocycles. The van der Waals surface area contributed by atoms with Crippen molar-refractivity contribution in [2.24, 2.45) is 4.99 Å². The van der Waals surface area contributed by atoms with Gasteiger partial charge in [-0.05, 0) is 65.9 Å². The van der Waals surface area contributed by atoms with Gasteiger partial charge in [0.25, 0.3) is 0 Å². The Morgan fingerprint density at radius 1 is 1.32 bits per heavy atom. The van der Waals surface area contributed by atoms with E-state index in [4.69, 9.17) is 4.74 Å². The Morgan fingerprint density at radius 2 is 2.07 bits per heavy atom. The molecule has 1 aliphatic rings. The number of nitrogens with zero attached hydrogens (tertiary/aromatic N) is 2. The van der Waals surface area contributed by atoms with Crippen LogP contribution < -0.4 is 10.1 Å². The lowest BCUT2D eigenvalue weighted by Crippen LogP contribution is -2.45. The first kappa shape index (κ1) is 20.7. The zero-order valence-electron chi connectivity index (χ0n) is 15.5. The number of hydrogen-bond acceptors (Lipinski definition) is 5. The molecule has 0 bridgehead atoms. The van der Waals surface area contributed by atoms with Gasteiger partial charge < -0.3 is 10.1 Å². The maximum absolute atomic E-state index is 12.8. The lowest BCUT2D eigenvalue weighted by Gasteiger charge is -2.30. The van der Waals surface area contributed by atoms with Gasteiger partial charge in [0, 0.05) is 28.3 Å². The van der Waals surface area contributed by atoms with E-state index in [-0.39, 0.29) is 18.2 Å². The van der Waals surface area contributed by atoms with Gasteiger partial charge in [0.05, 0.1) is 12.8 Å². The van der Waals surface area contributed by atoms with Crippen LogP contribution >= 0.6 is 34.4 Å². The maximum Gasteiger partial charge on any atom is 0.238 e. The minimum absolute atomic E-state index is 0.101. The first-order valence-corrected chi connectivity index (χ1v) is 10.7. The highest BCUT2D eigenvalue weighted by Crippen LogP contribution is 2.30. The summed E-state index contributed by atoms with van der Waals surface area (Å²) in [5.41, 5.74) is 1.38. The second-order valence-corrected chi connectivity index (χ2v) is 8.46. The highest BCUT2D eigenvalue weighted by atomic mass is 127. The summed E-state index contributed by atoms with van der Waals surface area (Å²) in [6.45, 7) is 2.41. The normalized spacial score (nSPS) is 18.2. The van der Waals surface area contributed by atoms with Crippen LogP contribution in [-0.4, -0.2) is 40.8 Å². The monoisotopic (exact) mass is 509 g/mol. The molecule has 1 aliphatic heterocycles. The van der Waals surface area contributed by atoms with Gasteiger partial charge in [0.1, 0.15) is 11.0 Å². The van der Waals surface area contributed by atoms with Crippen LogP contribution in [0.4, 0.5) is 11.4 Å². The average molecular weight is 509 g/mol. The molecule has 1 unspecified atom stereocenters. The number of ether oxygens (including phenoxy) is 1. The van der Waals surface area contributed by atoms with Crippen molar-refractivity contribution < 1.29 is 14.3 Å². The van der Waals surface area contributed by atoms with Gasteiger partial charge >= 0.3 is 0 Å². The van der Waals surface area contributed by atoms with Crippen molar-refractivity contribution >= 4 is 62.7 Å². The van der Waals surface area contributed by atoms with Crippen molar-refractivity contribution in [1.29, 1.82) is 0 Å². The maximum atomic E-state index is 12.8. The number of methoxy groups -OCH3 is 1. The summed E-state index contributed by atoms with van der Waals surface area (Å²) in [6, 6.07) is 14.8. The van der Waals surface area contributed by atoms with Crippen molar-refractivity contribution in [3.05, 3.63) is 52.1 Å². The highest BCUT2D eigenvalue weighted by molar-refractivity contribution is 14.1.